The van der Waals surface area contributed by atoms with E-state index in [-0.39, 0.29) is 12.0 Å². The number of nitrogens with two attached hydrogens (primary N) is 1. The minimum absolute atomic E-state index is 0.200. The number of ether oxygens (including phenoxy) is 1. The summed E-state index contributed by atoms with van der Waals surface area (Å²) in [5, 5.41) is 3.09. The van der Waals surface area contributed by atoms with Crippen molar-refractivity contribution in [1.29, 1.82) is 0 Å². The zero-order valence-corrected chi connectivity index (χ0v) is 21.6. The van der Waals surface area contributed by atoms with E-state index in [9.17, 15) is 4.79 Å². The molecule has 0 bridgehead atoms. The lowest BCUT2D eigenvalue weighted by atomic mass is 10.1. The average molecular weight is 504 g/mol. The van der Waals surface area contributed by atoms with E-state index in [1.807, 2.05) is 19.1 Å². The number of aromatic nitrogens is 4. The van der Waals surface area contributed by atoms with Gasteiger partial charge in [0.1, 0.15) is 5.82 Å². The van der Waals surface area contributed by atoms with Gasteiger partial charge in [-0.15, -0.1) is 0 Å². The summed E-state index contributed by atoms with van der Waals surface area (Å²) in [6.07, 6.45) is 3.96. The average Bonchev–Trinajstić information content (AvgIpc) is 3.35. The summed E-state index contributed by atoms with van der Waals surface area (Å²) in [6.45, 7) is 11.2. The predicted molar refractivity (Wildman–Crippen MR) is 145 cm³/mol. The highest BCUT2D eigenvalue weighted by molar-refractivity contribution is 6.03. The Kier molecular flexibility index (Phi) is 7.04. The van der Waals surface area contributed by atoms with Crippen LogP contribution in [0, 0.1) is 6.92 Å². The van der Waals surface area contributed by atoms with Crippen molar-refractivity contribution < 1.29 is 9.53 Å². The van der Waals surface area contributed by atoms with Gasteiger partial charge in [0.05, 0.1) is 18.9 Å². The maximum absolute atomic E-state index is 13.5. The molecule has 2 aliphatic heterocycles. The van der Waals surface area contributed by atoms with Crippen LogP contribution in [0.4, 0.5) is 33.9 Å². The molecular weight excluding hydrogens is 470 g/mol. The van der Waals surface area contributed by atoms with Crippen molar-refractivity contribution in [3.63, 3.8) is 0 Å². The molecule has 11 nitrogen and oxygen atoms in total. The molecule has 2 aromatic heterocycles. The number of carbonyl (C=O) groups excluding carboxylic acids is 1. The van der Waals surface area contributed by atoms with Crippen molar-refractivity contribution in [2.45, 2.75) is 27.2 Å². The molecule has 5 rings (SSSR count). The SMILES string of the molecule is CCN(CC)c1ccc(NC(=O)N2CCc3c(-c4cnc(N)nc4)nc(N4CCOCC4)nc32)c(C)c1. The number of urea groups is 1. The molecule has 2 amide bonds. The van der Waals surface area contributed by atoms with Gasteiger partial charge >= 0.3 is 6.03 Å². The van der Waals surface area contributed by atoms with Gasteiger partial charge in [0.25, 0.3) is 0 Å². The van der Waals surface area contributed by atoms with Gasteiger partial charge in [-0.05, 0) is 51.0 Å². The molecule has 1 aromatic carbocycles. The Balaban J connectivity index is 1.46. The Morgan fingerprint density at radius 3 is 2.51 bits per heavy atom. The number of amides is 2. The van der Waals surface area contributed by atoms with Crippen LogP contribution in [0.1, 0.15) is 25.0 Å². The maximum atomic E-state index is 13.5. The van der Waals surface area contributed by atoms with Crippen LogP contribution in [-0.4, -0.2) is 71.9 Å². The van der Waals surface area contributed by atoms with E-state index in [0.717, 1.165) is 46.8 Å². The molecule has 4 heterocycles. The second-order valence-electron chi connectivity index (χ2n) is 9.11. The van der Waals surface area contributed by atoms with Gasteiger partial charge in [0.15, 0.2) is 0 Å². The highest BCUT2D eigenvalue weighted by atomic mass is 16.5. The van der Waals surface area contributed by atoms with Gasteiger partial charge in [0.2, 0.25) is 11.9 Å². The third kappa shape index (κ3) is 4.99. The Morgan fingerprint density at radius 2 is 1.84 bits per heavy atom. The second-order valence-corrected chi connectivity index (χ2v) is 9.11. The third-order valence-corrected chi connectivity index (χ3v) is 6.88. The lowest BCUT2D eigenvalue weighted by Gasteiger charge is -2.28. The summed E-state index contributed by atoms with van der Waals surface area (Å²) >= 11 is 0. The number of carbonyl (C=O) groups is 1. The summed E-state index contributed by atoms with van der Waals surface area (Å²) in [7, 11) is 0. The Morgan fingerprint density at radius 1 is 1.11 bits per heavy atom. The fraction of sp³-hybridized carbons (Fsp3) is 0.423. The van der Waals surface area contributed by atoms with Crippen LogP contribution in [0.5, 0.6) is 0 Å². The lowest BCUT2D eigenvalue weighted by molar-refractivity contribution is 0.122. The number of rotatable bonds is 6. The van der Waals surface area contributed by atoms with Crippen molar-refractivity contribution in [3.05, 3.63) is 41.7 Å². The van der Waals surface area contributed by atoms with E-state index in [0.29, 0.717) is 51.0 Å². The standard InChI is InChI=1S/C26H33N9O2/c1-4-33(5-2)19-6-7-21(17(3)14-19)30-26(36)35-9-8-20-22(18-15-28-24(27)29-16-18)31-25(32-23(20)35)34-10-12-37-13-11-34/h6-7,14-16H,4-5,8-13H2,1-3H3,(H,30,36)(H2,27,28,29). The van der Waals surface area contributed by atoms with Gasteiger partial charge in [-0.3, -0.25) is 4.90 Å². The molecule has 0 atom stereocenters. The highest BCUT2D eigenvalue weighted by Crippen LogP contribution is 2.36. The molecule has 2 aliphatic rings. The van der Waals surface area contributed by atoms with Crippen LogP contribution in [0.2, 0.25) is 0 Å². The molecule has 37 heavy (non-hydrogen) atoms. The van der Waals surface area contributed by atoms with Crippen molar-refractivity contribution in [3.8, 4) is 11.3 Å². The smallest absolute Gasteiger partial charge is 0.327 e. The van der Waals surface area contributed by atoms with E-state index in [1.165, 1.54) is 0 Å². The summed E-state index contributed by atoms with van der Waals surface area (Å²) in [6, 6.07) is 5.90. The van der Waals surface area contributed by atoms with Crippen molar-refractivity contribution in [1.82, 2.24) is 19.9 Å². The van der Waals surface area contributed by atoms with E-state index in [4.69, 9.17) is 20.4 Å². The summed E-state index contributed by atoms with van der Waals surface area (Å²) in [5.74, 6) is 1.37. The first kappa shape index (κ1) is 24.7. The van der Waals surface area contributed by atoms with Gasteiger partial charge in [-0.2, -0.15) is 4.98 Å². The third-order valence-electron chi connectivity index (χ3n) is 6.88. The minimum Gasteiger partial charge on any atom is -0.378 e. The van der Waals surface area contributed by atoms with Crippen LogP contribution < -0.4 is 25.8 Å². The zero-order chi connectivity index (χ0) is 25.9. The molecule has 0 radical (unpaired) electrons. The van der Waals surface area contributed by atoms with Crippen molar-refractivity contribution >= 4 is 35.1 Å². The first-order valence-electron chi connectivity index (χ1n) is 12.7. The summed E-state index contributed by atoms with van der Waals surface area (Å²) in [4.78, 5) is 37.6. The van der Waals surface area contributed by atoms with Gasteiger partial charge in [-0.25, -0.2) is 19.7 Å². The van der Waals surface area contributed by atoms with Crippen LogP contribution in [0.25, 0.3) is 11.3 Å². The fourth-order valence-electron chi connectivity index (χ4n) is 4.80. The number of nitrogen functional groups attached to an aromatic ring is 1. The second kappa shape index (κ2) is 10.6. The molecule has 1 saturated heterocycles. The number of hydrogen-bond acceptors (Lipinski definition) is 9. The van der Waals surface area contributed by atoms with Crippen LogP contribution in [0.15, 0.2) is 30.6 Å². The normalized spacial score (nSPS) is 15.0. The lowest BCUT2D eigenvalue weighted by Crippen LogP contribution is -2.38. The first-order valence-corrected chi connectivity index (χ1v) is 12.7. The van der Waals surface area contributed by atoms with Crippen LogP contribution in [0.3, 0.4) is 0 Å². The number of hydrogen-bond donors (Lipinski definition) is 2. The summed E-state index contributed by atoms with van der Waals surface area (Å²) in [5.41, 5.74) is 11.0. The number of nitrogens with one attached hydrogen (secondary N) is 1. The largest absolute Gasteiger partial charge is 0.378 e. The number of fused-ring (bicyclic) bond motifs is 1. The topological polar surface area (TPSA) is 126 Å². The molecule has 0 aliphatic carbocycles. The first-order chi connectivity index (χ1) is 18.0. The molecule has 11 heteroatoms. The molecule has 0 unspecified atom stereocenters. The number of morpholine rings is 1. The zero-order valence-electron chi connectivity index (χ0n) is 21.6. The minimum atomic E-state index is -0.219. The Labute approximate surface area is 216 Å². The van der Waals surface area contributed by atoms with Crippen LogP contribution in [-0.2, 0) is 11.2 Å². The molecular formula is C26H33N9O2. The molecule has 0 saturated carbocycles. The quantitative estimate of drug-likeness (QED) is 0.522. The van der Waals surface area contributed by atoms with E-state index in [1.54, 1.807) is 17.3 Å². The molecule has 3 N–H and O–H groups in total. The van der Waals surface area contributed by atoms with Crippen molar-refractivity contribution in [2.24, 2.45) is 0 Å². The fourth-order valence-corrected chi connectivity index (χ4v) is 4.80. The van der Waals surface area contributed by atoms with E-state index >= 15 is 0 Å². The van der Waals surface area contributed by atoms with E-state index < -0.39 is 0 Å². The highest BCUT2D eigenvalue weighted by Gasteiger charge is 2.32. The number of anilines is 5. The van der Waals surface area contributed by atoms with Gasteiger partial charge < -0.3 is 25.6 Å². The van der Waals surface area contributed by atoms with Gasteiger partial charge in [-0.1, -0.05) is 0 Å². The monoisotopic (exact) mass is 503 g/mol. The number of aryl methyl sites for hydroxylation is 1. The molecule has 0 spiro atoms. The maximum Gasteiger partial charge on any atom is 0.327 e. The van der Waals surface area contributed by atoms with Crippen LogP contribution >= 0.6 is 0 Å². The molecule has 194 valence electrons. The number of benzene rings is 1. The summed E-state index contributed by atoms with van der Waals surface area (Å²) < 4.78 is 5.51. The molecule has 1 fully saturated rings. The predicted octanol–water partition coefficient (Wildman–Crippen LogP) is 3.10. The number of nitrogens with zero attached hydrogens (tertiary/aromatic N) is 7. The van der Waals surface area contributed by atoms with Gasteiger partial charge in [0, 0.05) is 67.6 Å². The Hall–Kier alpha value is -3.99. The van der Waals surface area contributed by atoms with E-state index in [2.05, 4.69) is 45.0 Å². The Bertz CT molecular complexity index is 1270. The molecule has 3 aromatic rings. The van der Waals surface area contributed by atoms with Crippen molar-refractivity contribution in [2.75, 3.05) is 71.7 Å².